The average Bonchev–Trinajstić information content (AvgIpc) is 2.76. The maximum atomic E-state index is 12.4. The lowest BCUT2D eigenvalue weighted by Gasteiger charge is -2.07. The molecule has 0 unspecified atom stereocenters. The van der Waals surface area contributed by atoms with Gasteiger partial charge < -0.3 is 10.1 Å². The molecule has 0 radical (unpaired) electrons. The number of hydrogen-bond donors (Lipinski definition) is 1. The van der Waals surface area contributed by atoms with Gasteiger partial charge in [-0.3, -0.25) is 4.79 Å². The molecule has 0 aliphatic carbocycles. The van der Waals surface area contributed by atoms with E-state index in [4.69, 9.17) is 27.9 Å². The molecule has 0 saturated heterocycles. The highest BCUT2D eigenvalue weighted by atomic mass is 79.9. The molecule has 0 spiro atoms. The number of halogens is 3. The summed E-state index contributed by atoms with van der Waals surface area (Å²) in [5, 5.41) is 12.6. The molecule has 0 aliphatic heterocycles. The Morgan fingerprint density at radius 1 is 1.00 bits per heavy atom. The van der Waals surface area contributed by atoms with Crippen molar-refractivity contribution in [1.29, 1.82) is 5.26 Å². The Kier molecular flexibility index (Phi) is 7.48. The number of nitrogens with one attached hydrogen (secondary N) is 1. The highest BCUT2D eigenvalue weighted by Crippen LogP contribution is 2.25. The van der Waals surface area contributed by atoms with Crippen LogP contribution in [0.4, 0.5) is 5.69 Å². The van der Waals surface area contributed by atoms with Crippen LogP contribution in [0.3, 0.4) is 0 Å². The fraction of sp³-hybridized carbons (Fsp3) is 0. The van der Waals surface area contributed by atoms with Crippen molar-refractivity contribution in [2.75, 3.05) is 5.32 Å². The van der Waals surface area contributed by atoms with Crippen LogP contribution in [0.1, 0.15) is 15.9 Å². The van der Waals surface area contributed by atoms with E-state index in [1.165, 1.54) is 12.1 Å². The zero-order chi connectivity index (χ0) is 22.4. The second-order valence-electron chi connectivity index (χ2n) is 6.19. The summed E-state index contributed by atoms with van der Waals surface area (Å²) in [4.78, 5) is 24.7. The number of ether oxygens (including phenoxy) is 1. The highest BCUT2D eigenvalue weighted by molar-refractivity contribution is 9.10. The number of anilines is 1. The third-order valence-electron chi connectivity index (χ3n) is 4.04. The van der Waals surface area contributed by atoms with Gasteiger partial charge in [0.15, 0.2) is 0 Å². The summed E-state index contributed by atoms with van der Waals surface area (Å²) in [6.07, 6.45) is 1.42. The first-order valence-corrected chi connectivity index (χ1v) is 10.4. The summed E-state index contributed by atoms with van der Waals surface area (Å²) in [5.74, 6) is -0.767. The topological polar surface area (TPSA) is 79.2 Å². The Labute approximate surface area is 197 Å². The molecule has 0 bridgehead atoms. The van der Waals surface area contributed by atoms with E-state index in [1.54, 1.807) is 60.7 Å². The van der Waals surface area contributed by atoms with Gasteiger partial charge in [0.1, 0.15) is 17.4 Å². The molecule has 0 aromatic heterocycles. The normalized spacial score (nSPS) is 10.8. The summed E-state index contributed by atoms with van der Waals surface area (Å²) < 4.78 is 5.99. The number of rotatable bonds is 5. The quantitative estimate of drug-likeness (QED) is 0.181. The number of nitriles is 1. The van der Waals surface area contributed by atoms with E-state index < -0.39 is 11.9 Å². The lowest BCUT2D eigenvalue weighted by atomic mass is 10.1. The van der Waals surface area contributed by atoms with E-state index in [0.29, 0.717) is 32.1 Å². The van der Waals surface area contributed by atoms with Gasteiger partial charge in [-0.2, -0.15) is 5.26 Å². The second kappa shape index (κ2) is 10.3. The van der Waals surface area contributed by atoms with Gasteiger partial charge in [0.2, 0.25) is 0 Å². The number of hydrogen-bond acceptors (Lipinski definition) is 4. The molecule has 1 N–H and O–H groups in total. The van der Waals surface area contributed by atoms with Crippen LogP contribution in [0.15, 0.2) is 76.8 Å². The summed E-state index contributed by atoms with van der Waals surface area (Å²) in [5.41, 5.74) is 1.29. The first-order chi connectivity index (χ1) is 14.9. The van der Waals surface area contributed by atoms with Crippen molar-refractivity contribution in [3.8, 4) is 11.8 Å². The van der Waals surface area contributed by atoms with Crippen LogP contribution in [0.5, 0.6) is 5.75 Å². The Balaban J connectivity index is 1.70. The van der Waals surface area contributed by atoms with Crippen LogP contribution in [-0.2, 0) is 4.79 Å². The van der Waals surface area contributed by atoms with E-state index in [1.807, 2.05) is 6.07 Å². The second-order valence-corrected chi connectivity index (χ2v) is 7.86. The zero-order valence-electron chi connectivity index (χ0n) is 15.7. The minimum Gasteiger partial charge on any atom is -0.423 e. The molecule has 3 rings (SSSR count). The maximum Gasteiger partial charge on any atom is 0.344 e. The Hall–Kier alpha value is -3.11. The largest absolute Gasteiger partial charge is 0.423 e. The van der Waals surface area contributed by atoms with Crippen molar-refractivity contribution < 1.29 is 14.3 Å². The minimum absolute atomic E-state index is 0.107. The molecule has 1 amide bonds. The summed E-state index contributed by atoms with van der Waals surface area (Å²) in [6.45, 7) is 0. The van der Waals surface area contributed by atoms with Crippen molar-refractivity contribution in [1.82, 2.24) is 0 Å². The molecular weight excluding hydrogens is 503 g/mol. The average molecular weight is 516 g/mol. The van der Waals surface area contributed by atoms with Gasteiger partial charge in [0.05, 0.1) is 15.6 Å². The standard InChI is InChI=1S/C23H13BrCl2N2O3/c24-19-4-2-1-3-18(19)23(30)31-17-8-5-14(6-9-17)11-15(13-27)22(29)28-16-7-10-20(25)21(26)12-16/h1-12H,(H,28,29)/b15-11-. The molecule has 0 saturated carbocycles. The zero-order valence-corrected chi connectivity index (χ0v) is 18.8. The minimum atomic E-state index is -0.592. The predicted molar refractivity (Wildman–Crippen MR) is 124 cm³/mol. The lowest BCUT2D eigenvalue weighted by Crippen LogP contribution is -2.13. The smallest absolute Gasteiger partial charge is 0.344 e. The molecule has 0 atom stereocenters. The van der Waals surface area contributed by atoms with Crippen LogP contribution in [0.2, 0.25) is 10.0 Å². The predicted octanol–water partition coefficient (Wildman–Crippen LogP) is 6.52. The van der Waals surface area contributed by atoms with E-state index in [2.05, 4.69) is 21.2 Å². The fourth-order valence-corrected chi connectivity index (χ4v) is 3.25. The van der Waals surface area contributed by atoms with E-state index >= 15 is 0 Å². The van der Waals surface area contributed by atoms with Gasteiger partial charge in [0, 0.05) is 10.2 Å². The highest BCUT2D eigenvalue weighted by Gasteiger charge is 2.13. The number of esters is 1. The number of carbonyl (C=O) groups excluding carboxylic acids is 2. The number of benzene rings is 3. The SMILES string of the molecule is N#C/C(=C/c1ccc(OC(=O)c2ccccc2Br)cc1)C(=O)Nc1ccc(Cl)c(Cl)c1. The maximum absolute atomic E-state index is 12.4. The van der Waals surface area contributed by atoms with Crippen LogP contribution < -0.4 is 10.1 Å². The van der Waals surface area contributed by atoms with E-state index in [0.717, 1.165) is 0 Å². The third kappa shape index (κ3) is 5.96. The molecular formula is C23H13BrCl2N2O3. The summed E-state index contributed by atoms with van der Waals surface area (Å²) >= 11 is 15.1. The molecule has 0 fully saturated rings. The van der Waals surface area contributed by atoms with E-state index in [9.17, 15) is 14.9 Å². The Morgan fingerprint density at radius 3 is 2.35 bits per heavy atom. The molecule has 0 aliphatic rings. The van der Waals surface area contributed by atoms with Crippen molar-refractivity contribution in [2.24, 2.45) is 0 Å². The van der Waals surface area contributed by atoms with Crippen molar-refractivity contribution in [3.05, 3.63) is 97.9 Å². The summed E-state index contributed by atoms with van der Waals surface area (Å²) in [7, 11) is 0. The number of amides is 1. The fourth-order valence-electron chi connectivity index (χ4n) is 2.51. The molecule has 5 nitrogen and oxygen atoms in total. The van der Waals surface area contributed by atoms with Gasteiger partial charge in [-0.25, -0.2) is 4.79 Å². The van der Waals surface area contributed by atoms with Crippen molar-refractivity contribution in [3.63, 3.8) is 0 Å². The van der Waals surface area contributed by atoms with Gasteiger partial charge in [-0.15, -0.1) is 0 Å². The van der Waals surface area contributed by atoms with Gasteiger partial charge in [-0.1, -0.05) is 47.5 Å². The van der Waals surface area contributed by atoms with Crippen LogP contribution in [0, 0.1) is 11.3 Å². The van der Waals surface area contributed by atoms with Gasteiger partial charge in [0.25, 0.3) is 5.91 Å². The monoisotopic (exact) mass is 514 g/mol. The van der Waals surface area contributed by atoms with Crippen molar-refractivity contribution in [2.45, 2.75) is 0 Å². The third-order valence-corrected chi connectivity index (χ3v) is 5.47. The molecule has 3 aromatic rings. The molecule has 154 valence electrons. The van der Waals surface area contributed by atoms with Gasteiger partial charge in [-0.05, 0) is 70.0 Å². The Bertz CT molecular complexity index is 1220. The van der Waals surface area contributed by atoms with Crippen LogP contribution >= 0.6 is 39.1 Å². The van der Waals surface area contributed by atoms with E-state index in [-0.39, 0.29) is 10.6 Å². The molecule has 31 heavy (non-hydrogen) atoms. The van der Waals surface area contributed by atoms with Gasteiger partial charge >= 0.3 is 5.97 Å². The number of carbonyl (C=O) groups is 2. The molecule has 3 aromatic carbocycles. The van der Waals surface area contributed by atoms with Crippen LogP contribution in [-0.4, -0.2) is 11.9 Å². The number of nitrogens with zero attached hydrogens (tertiary/aromatic N) is 1. The lowest BCUT2D eigenvalue weighted by molar-refractivity contribution is -0.112. The first kappa shape index (κ1) is 22.6. The molecule has 8 heteroatoms. The Morgan fingerprint density at radius 2 is 1.71 bits per heavy atom. The first-order valence-electron chi connectivity index (χ1n) is 8.82. The summed E-state index contributed by atoms with van der Waals surface area (Å²) in [6, 6.07) is 19.8. The van der Waals surface area contributed by atoms with Crippen LogP contribution in [0.25, 0.3) is 6.08 Å². The molecule has 0 heterocycles. The van der Waals surface area contributed by atoms with Crippen molar-refractivity contribution >= 4 is 62.8 Å².